The van der Waals surface area contributed by atoms with Gasteiger partial charge >= 0.3 is 11.8 Å². The number of morpholine rings is 1. The molecule has 4 rings (SSSR count). The number of anilines is 1. The van der Waals surface area contributed by atoms with Crippen molar-refractivity contribution in [2.45, 2.75) is 12.5 Å². The van der Waals surface area contributed by atoms with E-state index in [1.165, 1.54) is 6.07 Å². The first-order valence-electron chi connectivity index (χ1n) is 12.2. The van der Waals surface area contributed by atoms with E-state index in [0.29, 0.717) is 38.4 Å². The van der Waals surface area contributed by atoms with Gasteiger partial charge in [0.1, 0.15) is 11.6 Å². The van der Waals surface area contributed by atoms with E-state index >= 15 is 0 Å². The average molecular weight is 488 g/mol. The maximum absolute atomic E-state index is 14.2. The number of furan rings is 1. The van der Waals surface area contributed by atoms with Gasteiger partial charge in [0, 0.05) is 52.4 Å². The van der Waals surface area contributed by atoms with Gasteiger partial charge in [-0.3, -0.25) is 19.4 Å². The average Bonchev–Trinajstić information content (AvgIpc) is 3.42. The standard InChI is InChI=1S/C25H34FN5O4/c26-20-5-1-2-6-21(20)30-10-12-31(13-11-30)22(23-7-3-16-35-23)19-28-25(33)24(32)27-8-4-9-29-14-17-34-18-15-29/h1-3,5-7,16,22H,4,8-15,17-19H2,(H,27,32)(H,28,33)/t22-/m1/s1. The van der Waals surface area contributed by atoms with Crippen LogP contribution < -0.4 is 15.5 Å². The number of hydrogen-bond acceptors (Lipinski definition) is 7. The minimum Gasteiger partial charge on any atom is -0.468 e. The lowest BCUT2D eigenvalue weighted by Crippen LogP contribution is -2.51. The van der Waals surface area contributed by atoms with Crippen molar-refractivity contribution in [2.24, 2.45) is 0 Å². The minimum absolute atomic E-state index is 0.217. The summed E-state index contributed by atoms with van der Waals surface area (Å²) in [6, 6.07) is 10.2. The molecular formula is C25H34FN5O4. The molecule has 2 aliphatic rings. The van der Waals surface area contributed by atoms with Crippen molar-refractivity contribution < 1.29 is 23.1 Å². The van der Waals surface area contributed by atoms with Crippen LogP contribution in [-0.2, 0) is 14.3 Å². The van der Waals surface area contributed by atoms with E-state index in [0.717, 1.165) is 45.0 Å². The SMILES string of the molecule is O=C(NCCCN1CCOCC1)C(=O)NC[C@H](c1ccco1)N1CCN(c2ccccc2F)CC1. The topological polar surface area (TPSA) is 90.3 Å². The Bertz CT molecular complexity index is 943. The molecule has 2 amide bonds. The molecule has 2 fully saturated rings. The lowest BCUT2D eigenvalue weighted by atomic mass is 10.1. The van der Waals surface area contributed by atoms with E-state index in [-0.39, 0.29) is 18.4 Å². The van der Waals surface area contributed by atoms with Crippen molar-refractivity contribution in [3.05, 3.63) is 54.2 Å². The lowest BCUT2D eigenvalue weighted by Gasteiger charge is -2.39. The second-order valence-electron chi connectivity index (χ2n) is 8.78. The van der Waals surface area contributed by atoms with Crippen LogP contribution in [0.25, 0.3) is 0 Å². The summed E-state index contributed by atoms with van der Waals surface area (Å²) in [5, 5.41) is 5.46. The monoisotopic (exact) mass is 487 g/mol. The molecular weight excluding hydrogens is 453 g/mol. The maximum atomic E-state index is 14.2. The number of nitrogens with zero attached hydrogens (tertiary/aromatic N) is 3. The smallest absolute Gasteiger partial charge is 0.309 e. The zero-order valence-electron chi connectivity index (χ0n) is 20.0. The summed E-state index contributed by atoms with van der Waals surface area (Å²) in [4.78, 5) is 31.2. The summed E-state index contributed by atoms with van der Waals surface area (Å²) >= 11 is 0. The molecule has 2 N–H and O–H groups in total. The zero-order chi connectivity index (χ0) is 24.5. The number of benzene rings is 1. The van der Waals surface area contributed by atoms with Crippen LogP contribution in [0, 0.1) is 5.82 Å². The van der Waals surface area contributed by atoms with Crippen LogP contribution in [0.2, 0.25) is 0 Å². The van der Waals surface area contributed by atoms with Crippen LogP contribution in [0.3, 0.4) is 0 Å². The molecule has 3 heterocycles. The fourth-order valence-corrected chi connectivity index (χ4v) is 4.55. The van der Waals surface area contributed by atoms with E-state index in [1.807, 2.05) is 17.0 Å². The van der Waals surface area contributed by atoms with Gasteiger partial charge < -0.3 is 24.7 Å². The van der Waals surface area contributed by atoms with Gasteiger partial charge in [-0.1, -0.05) is 12.1 Å². The van der Waals surface area contributed by atoms with Gasteiger partial charge in [0.05, 0.1) is 31.2 Å². The van der Waals surface area contributed by atoms with E-state index in [1.54, 1.807) is 24.5 Å². The Morgan fingerprint density at radius 2 is 1.69 bits per heavy atom. The molecule has 2 saturated heterocycles. The second kappa shape index (κ2) is 12.7. The molecule has 2 aromatic rings. The van der Waals surface area contributed by atoms with Gasteiger partial charge in [-0.15, -0.1) is 0 Å². The summed E-state index contributed by atoms with van der Waals surface area (Å²) < 4.78 is 25.1. The molecule has 1 aromatic carbocycles. The van der Waals surface area contributed by atoms with E-state index in [4.69, 9.17) is 9.15 Å². The first-order chi connectivity index (χ1) is 17.1. The first-order valence-corrected chi connectivity index (χ1v) is 12.2. The minimum atomic E-state index is -0.655. The highest BCUT2D eigenvalue weighted by atomic mass is 19.1. The Hall–Kier alpha value is -2.95. The maximum Gasteiger partial charge on any atom is 0.309 e. The molecule has 0 spiro atoms. The van der Waals surface area contributed by atoms with Crippen LogP contribution >= 0.6 is 0 Å². The number of piperazine rings is 1. The van der Waals surface area contributed by atoms with Crippen LogP contribution in [0.1, 0.15) is 18.2 Å². The highest BCUT2D eigenvalue weighted by Gasteiger charge is 2.28. The number of amides is 2. The van der Waals surface area contributed by atoms with Gasteiger partial charge in [0.2, 0.25) is 0 Å². The summed E-state index contributed by atoms with van der Waals surface area (Å²) in [7, 11) is 0. The number of nitrogens with one attached hydrogen (secondary N) is 2. The molecule has 190 valence electrons. The number of hydrogen-bond donors (Lipinski definition) is 2. The molecule has 10 heteroatoms. The number of carbonyl (C=O) groups is 2. The van der Waals surface area contributed by atoms with Crippen molar-refractivity contribution in [1.82, 2.24) is 20.4 Å². The molecule has 2 aliphatic heterocycles. The second-order valence-corrected chi connectivity index (χ2v) is 8.78. The first kappa shape index (κ1) is 25.2. The Balaban J connectivity index is 1.24. The van der Waals surface area contributed by atoms with E-state index in [9.17, 15) is 14.0 Å². The van der Waals surface area contributed by atoms with Gasteiger partial charge in [0.25, 0.3) is 0 Å². The number of ether oxygens (including phenoxy) is 1. The lowest BCUT2D eigenvalue weighted by molar-refractivity contribution is -0.139. The van der Waals surface area contributed by atoms with Crippen LogP contribution in [0.5, 0.6) is 0 Å². The third kappa shape index (κ3) is 7.03. The van der Waals surface area contributed by atoms with E-state index < -0.39 is 11.8 Å². The highest BCUT2D eigenvalue weighted by molar-refractivity contribution is 6.35. The quantitative estimate of drug-likeness (QED) is 0.406. The predicted molar refractivity (Wildman–Crippen MR) is 130 cm³/mol. The molecule has 9 nitrogen and oxygen atoms in total. The summed E-state index contributed by atoms with van der Waals surface area (Å²) in [6.07, 6.45) is 2.38. The molecule has 1 atom stereocenters. The molecule has 1 aromatic heterocycles. The van der Waals surface area contributed by atoms with Gasteiger partial charge in [0.15, 0.2) is 0 Å². The Morgan fingerprint density at radius 1 is 0.943 bits per heavy atom. The molecule has 0 bridgehead atoms. The molecule has 0 radical (unpaired) electrons. The fraction of sp³-hybridized carbons (Fsp3) is 0.520. The van der Waals surface area contributed by atoms with Crippen molar-refractivity contribution >= 4 is 17.5 Å². The van der Waals surface area contributed by atoms with Crippen LogP contribution in [0.15, 0.2) is 47.1 Å². The Labute approximate surface area is 205 Å². The number of rotatable bonds is 9. The fourth-order valence-electron chi connectivity index (χ4n) is 4.55. The van der Waals surface area contributed by atoms with Gasteiger partial charge in [-0.05, 0) is 37.2 Å². The number of carbonyl (C=O) groups excluding carboxylic acids is 2. The highest BCUT2D eigenvalue weighted by Crippen LogP contribution is 2.25. The number of halogens is 1. The zero-order valence-corrected chi connectivity index (χ0v) is 20.0. The molecule has 0 unspecified atom stereocenters. The van der Waals surface area contributed by atoms with Gasteiger partial charge in [-0.25, -0.2) is 4.39 Å². The van der Waals surface area contributed by atoms with Crippen molar-refractivity contribution in [3.8, 4) is 0 Å². The Morgan fingerprint density at radius 3 is 2.40 bits per heavy atom. The number of para-hydroxylation sites is 1. The largest absolute Gasteiger partial charge is 0.468 e. The van der Waals surface area contributed by atoms with Gasteiger partial charge in [-0.2, -0.15) is 0 Å². The summed E-state index contributed by atoms with van der Waals surface area (Å²) in [5.41, 5.74) is 0.597. The molecule has 0 saturated carbocycles. The normalized spacial score (nSPS) is 18.3. The molecule has 0 aliphatic carbocycles. The third-order valence-electron chi connectivity index (χ3n) is 6.52. The molecule has 35 heavy (non-hydrogen) atoms. The van der Waals surface area contributed by atoms with Crippen LogP contribution in [0.4, 0.5) is 10.1 Å². The predicted octanol–water partition coefficient (Wildman–Crippen LogP) is 1.24. The van der Waals surface area contributed by atoms with Crippen molar-refractivity contribution in [2.75, 3.05) is 77.0 Å². The summed E-state index contributed by atoms with van der Waals surface area (Å²) in [5.74, 6) is -0.796. The summed E-state index contributed by atoms with van der Waals surface area (Å²) in [6.45, 7) is 7.47. The van der Waals surface area contributed by atoms with Crippen LogP contribution in [-0.4, -0.2) is 93.7 Å². The van der Waals surface area contributed by atoms with E-state index in [2.05, 4.69) is 20.4 Å². The third-order valence-corrected chi connectivity index (χ3v) is 6.52. The Kier molecular flexibility index (Phi) is 9.10. The van der Waals surface area contributed by atoms with Crippen molar-refractivity contribution in [3.63, 3.8) is 0 Å². The van der Waals surface area contributed by atoms with Crippen molar-refractivity contribution in [1.29, 1.82) is 0 Å².